The van der Waals surface area contributed by atoms with Gasteiger partial charge in [0.05, 0.1) is 10.6 Å². The second-order valence-electron chi connectivity index (χ2n) is 6.55. The van der Waals surface area contributed by atoms with Crippen LogP contribution in [-0.2, 0) is 6.42 Å². The Labute approximate surface area is 165 Å². The minimum absolute atomic E-state index is 0.369. The van der Waals surface area contributed by atoms with Crippen LogP contribution in [-0.4, -0.2) is 5.97 Å². The number of hydrogen-bond acceptors (Lipinski definition) is 2. The van der Waals surface area contributed by atoms with Crippen LogP contribution in [0.15, 0.2) is 72.8 Å². The minimum atomic E-state index is -0.399. The van der Waals surface area contributed by atoms with Gasteiger partial charge in [-0.25, -0.2) is 4.79 Å². The van der Waals surface area contributed by atoms with Crippen LogP contribution in [0.4, 0.5) is 0 Å². The molecular weight excluding hydrogens is 356 g/mol. The zero-order valence-corrected chi connectivity index (χ0v) is 16.2. The third kappa shape index (κ3) is 5.21. The van der Waals surface area contributed by atoms with E-state index in [0.717, 1.165) is 17.5 Å². The molecule has 0 N–H and O–H groups in total. The molecule has 3 aromatic carbocycles. The van der Waals surface area contributed by atoms with Crippen molar-refractivity contribution in [2.24, 2.45) is 0 Å². The van der Waals surface area contributed by atoms with Crippen molar-refractivity contribution < 1.29 is 9.53 Å². The molecule has 0 atom stereocenters. The van der Waals surface area contributed by atoms with Gasteiger partial charge in [0.2, 0.25) is 0 Å². The Kier molecular flexibility index (Phi) is 6.67. The molecule has 0 aromatic heterocycles. The number of carbonyl (C=O) groups excluding carboxylic acids is 1. The van der Waals surface area contributed by atoms with Crippen LogP contribution < -0.4 is 4.74 Å². The van der Waals surface area contributed by atoms with Gasteiger partial charge in [-0.1, -0.05) is 79.9 Å². The molecule has 27 heavy (non-hydrogen) atoms. The van der Waals surface area contributed by atoms with E-state index in [1.807, 2.05) is 66.7 Å². The van der Waals surface area contributed by atoms with Gasteiger partial charge in [0, 0.05) is 0 Å². The summed E-state index contributed by atoms with van der Waals surface area (Å²) in [7, 11) is 0. The monoisotopic (exact) mass is 378 g/mol. The first kappa shape index (κ1) is 19.2. The SMILES string of the molecule is CCCCCc1ccc(C(=O)Oc2ccc(-c3ccccc3)cc2Cl)cc1. The van der Waals surface area contributed by atoms with Crippen LogP contribution in [0.2, 0.25) is 5.02 Å². The summed E-state index contributed by atoms with van der Waals surface area (Å²) in [5.74, 6) is -0.0298. The third-order valence-electron chi connectivity index (χ3n) is 4.50. The highest BCUT2D eigenvalue weighted by atomic mass is 35.5. The van der Waals surface area contributed by atoms with E-state index < -0.39 is 5.97 Å². The molecule has 0 fully saturated rings. The number of halogens is 1. The topological polar surface area (TPSA) is 26.3 Å². The number of rotatable bonds is 7. The Hall–Kier alpha value is -2.58. The Balaban J connectivity index is 1.67. The molecule has 0 saturated carbocycles. The minimum Gasteiger partial charge on any atom is -0.421 e. The van der Waals surface area contributed by atoms with Gasteiger partial charge in [-0.2, -0.15) is 0 Å². The van der Waals surface area contributed by atoms with Crippen LogP contribution >= 0.6 is 11.6 Å². The summed E-state index contributed by atoms with van der Waals surface area (Å²) >= 11 is 6.33. The standard InChI is InChI=1S/C24H23ClO2/c1-2-3-5-8-18-11-13-20(14-12-18)24(26)27-23-16-15-21(17-22(23)25)19-9-6-4-7-10-19/h4,6-7,9-17H,2-3,5,8H2,1H3. The van der Waals surface area contributed by atoms with E-state index in [1.54, 1.807) is 6.07 Å². The largest absolute Gasteiger partial charge is 0.421 e. The van der Waals surface area contributed by atoms with Crippen LogP contribution in [0.5, 0.6) is 5.75 Å². The van der Waals surface area contributed by atoms with E-state index in [4.69, 9.17) is 16.3 Å². The average Bonchev–Trinajstić information content (AvgIpc) is 2.71. The highest BCUT2D eigenvalue weighted by Crippen LogP contribution is 2.30. The van der Waals surface area contributed by atoms with Crippen molar-refractivity contribution in [1.29, 1.82) is 0 Å². The van der Waals surface area contributed by atoms with E-state index in [1.165, 1.54) is 24.8 Å². The molecule has 0 heterocycles. The van der Waals surface area contributed by atoms with E-state index >= 15 is 0 Å². The lowest BCUT2D eigenvalue weighted by atomic mass is 10.1. The number of hydrogen-bond donors (Lipinski definition) is 0. The zero-order chi connectivity index (χ0) is 19.1. The van der Waals surface area contributed by atoms with Gasteiger partial charge in [0.15, 0.2) is 0 Å². The Morgan fingerprint density at radius 1 is 0.889 bits per heavy atom. The summed E-state index contributed by atoms with van der Waals surface area (Å²) in [6, 6.07) is 23.0. The molecule has 0 aliphatic carbocycles. The number of esters is 1. The zero-order valence-electron chi connectivity index (χ0n) is 15.5. The lowest BCUT2D eigenvalue weighted by Crippen LogP contribution is -2.08. The molecule has 0 bridgehead atoms. The highest BCUT2D eigenvalue weighted by Gasteiger charge is 2.12. The molecule has 3 heteroatoms. The third-order valence-corrected chi connectivity index (χ3v) is 4.80. The van der Waals surface area contributed by atoms with Gasteiger partial charge in [-0.3, -0.25) is 0 Å². The van der Waals surface area contributed by atoms with Crippen LogP contribution in [0.3, 0.4) is 0 Å². The van der Waals surface area contributed by atoms with Gasteiger partial charge in [0.25, 0.3) is 0 Å². The van der Waals surface area contributed by atoms with E-state index in [9.17, 15) is 4.79 Å². The van der Waals surface area contributed by atoms with Crippen LogP contribution in [0.25, 0.3) is 11.1 Å². The number of ether oxygens (including phenoxy) is 1. The van der Waals surface area contributed by atoms with Crippen molar-refractivity contribution in [3.8, 4) is 16.9 Å². The highest BCUT2D eigenvalue weighted by molar-refractivity contribution is 6.32. The molecule has 2 nitrogen and oxygen atoms in total. The number of carbonyl (C=O) groups is 1. The molecule has 0 radical (unpaired) electrons. The number of benzene rings is 3. The lowest BCUT2D eigenvalue weighted by Gasteiger charge is -2.09. The van der Waals surface area contributed by atoms with Crippen LogP contribution in [0.1, 0.15) is 42.1 Å². The second-order valence-corrected chi connectivity index (χ2v) is 6.96. The Morgan fingerprint density at radius 3 is 2.30 bits per heavy atom. The van der Waals surface area contributed by atoms with Crippen molar-refractivity contribution >= 4 is 17.6 Å². The van der Waals surface area contributed by atoms with Crippen molar-refractivity contribution in [3.05, 3.63) is 88.9 Å². The molecule has 3 aromatic rings. The Bertz CT molecular complexity index is 886. The molecule has 3 rings (SSSR count). The first-order valence-electron chi connectivity index (χ1n) is 9.33. The Morgan fingerprint density at radius 2 is 1.63 bits per heavy atom. The molecule has 0 aliphatic heterocycles. The van der Waals surface area contributed by atoms with Crippen molar-refractivity contribution in [1.82, 2.24) is 0 Å². The van der Waals surface area contributed by atoms with E-state index in [-0.39, 0.29) is 0 Å². The number of unbranched alkanes of at least 4 members (excludes halogenated alkanes) is 2. The van der Waals surface area contributed by atoms with Crippen molar-refractivity contribution in [2.45, 2.75) is 32.6 Å². The molecule has 0 saturated heterocycles. The maximum Gasteiger partial charge on any atom is 0.343 e. The summed E-state index contributed by atoms with van der Waals surface area (Å²) in [6.07, 6.45) is 4.63. The maximum atomic E-state index is 12.4. The maximum absolute atomic E-state index is 12.4. The molecule has 0 aliphatic rings. The van der Waals surface area contributed by atoms with E-state index in [2.05, 4.69) is 6.92 Å². The summed E-state index contributed by atoms with van der Waals surface area (Å²) in [6.45, 7) is 2.19. The average molecular weight is 379 g/mol. The van der Waals surface area contributed by atoms with Crippen molar-refractivity contribution in [3.63, 3.8) is 0 Å². The summed E-state index contributed by atoms with van der Waals surface area (Å²) in [5, 5.41) is 0.417. The molecule has 0 amide bonds. The van der Waals surface area contributed by atoms with Gasteiger partial charge >= 0.3 is 5.97 Å². The molecule has 138 valence electrons. The summed E-state index contributed by atoms with van der Waals surface area (Å²) in [5.41, 5.74) is 3.82. The lowest BCUT2D eigenvalue weighted by molar-refractivity contribution is 0.0735. The van der Waals surface area contributed by atoms with Gasteiger partial charge in [-0.05, 0) is 53.8 Å². The first-order valence-corrected chi connectivity index (χ1v) is 9.71. The molecular formula is C24H23ClO2. The van der Waals surface area contributed by atoms with Crippen LogP contribution in [0, 0.1) is 0 Å². The fourth-order valence-corrected chi connectivity index (χ4v) is 3.16. The normalized spacial score (nSPS) is 10.6. The first-order chi connectivity index (χ1) is 13.2. The summed E-state index contributed by atoms with van der Waals surface area (Å²) < 4.78 is 5.49. The predicted octanol–water partition coefficient (Wildman–Crippen LogP) is 6.96. The molecule has 0 spiro atoms. The van der Waals surface area contributed by atoms with Gasteiger partial charge in [0.1, 0.15) is 5.75 Å². The summed E-state index contributed by atoms with van der Waals surface area (Å²) in [4.78, 5) is 12.4. The van der Waals surface area contributed by atoms with Crippen molar-refractivity contribution in [2.75, 3.05) is 0 Å². The fourth-order valence-electron chi connectivity index (χ4n) is 2.94. The van der Waals surface area contributed by atoms with E-state index in [0.29, 0.717) is 16.3 Å². The smallest absolute Gasteiger partial charge is 0.343 e. The fraction of sp³-hybridized carbons (Fsp3) is 0.208. The quantitative estimate of drug-likeness (QED) is 0.252. The van der Waals surface area contributed by atoms with Gasteiger partial charge < -0.3 is 4.74 Å². The molecule has 0 unspecified atom stereocenters. The second kappa shape index (κ2) is 9.38. The predicted molar refractivity (Wildman–Crippen MR) is 112 cm³/mol. The number of aryl methyl sites for hydroxylation is 1. The van der Waals surface area contributed by atoms with Gasteiger partial charge in [-0.15, -0.1) is 0 Å².